The summed E-state index contributed by atoms with van der Waals surface area (Å²) in [5.74, 6) is -0.253. The first-order valence-corrected chi connectivity index (χ1v) is 12.8. The van der Waals surface area contributed by atoms with Gasteiger partial charge in [-0.25, -0.2) is 13.4 Å². The van der Waals surface area contributed by atoms with Crippen molar-refractivity contribution in [3.8, 4) is 0 Å². The number of benzene rings is 2. The Morgan fingerprint density at radius 3 is 2.47 bits per heavy atom. The Labute approximate surface area is 191 Å². The van der Waals surface area contributed by atoms with Crippen molar-refractivity contribution in [3.63, 3.8) is 0 Å². The minimum absolute atomic E-state index is 0.223. The van der Waals surface area contributed by atoms with Crippen molar-refractivity contribution in [1.29, 1.82) is 0 Å². The first-order valence-electron chi connectivity index (χ1n) is 10.6. The van der Waals surface area contributed by atoms with Crippen molar-refractivity contribution < 1.29 is 17.9 Å². The van der Waals surface area contributed by atoms with Gasteiger partial charge in [0.15, 0.2) is 5.13 Å². The van der Waals surface area contributed by atoms with Crippen LogP contribution in [0.2, 0.25) is 0 Å². The summed E-state index contributed by atoms with van der Waals surface area (Å²) in [6.07, 6.45) is 0. The third-order valence-electron chi connectivity index (χ3n) is 5.45. The van der Waals surface area contributed by atoms with E-state index < -0.39 is 10.0 Å². The monoisotopic (exact) mass is 474 g/mol. The van der Waals surface area contributed by atoms with E-state index in [1.165, 1.54) is 15.6 Å². The van der Waals surface area contributed by atoms with Crippen LogP contribution in [0, 0.1) is 0 Å². The zero-order chi connectivity index (χ0) is 22.7. The van der Waals surface area contributed by atoms with Crippen LogP contribution in [0.1, 0.15) is 24.2 Å². The molecule has 1 fully saturated rings. The van der Waals surface area contributed by atoms with Gasteiger partial charge in [-0.05, 0) is 56.3 Å². The third kappa shape index (κ3) is 4.63. The summed E-state index contributed by atoms with van der Waals surface area (Å²) >= 11 is 1.25. The van der Waals surface area contributed by atoms with E-state index in [0.29, 0.717) is 47.2 Å². The number of sulfonamides is 1. The molecule has 10 heteroatoms. The summed E-state index contributed by atoms with van der Waals surface area (Å²) < 4.78 is 33.2. The SMILES string of the molecule is CCN(CC)c1ccc(C(=O)Nc2nc3ccc(S(=O)(=O)N4CCOCC4)cc3s2)cc1. The molecule has 1 aliphatic heterocycles. The Morgan fingerprint density at radius 1 is 1.12 bits per heavy atom. The minimum Gasteiger partial charge on any atom is -0.379 e. The van der Waals surface area contributed by atoms with Crippen molar-refractivity contribution in [2.45, 2.75) is 18.7 Å². The van der Waals surface area contributed by atoms with E-state index in [1.54, 1.807) is 30.3 Å². The van der Waals surface area contributed by atoms with E-state index in [0.717, 1.165) is 18.8 Å². The van der Waals surface area contributed by atoms with E-state index in [9.17, 15) is 13.2 Å². The molecule has 0 saturated carbocycles. The second kappa shape index (κ2) is 9.53. The zero-order valence-corrected chi connectivity index (χ0v) is 19.7. The molecule has 0 atom stereocenters. The molecule has 1 amide bonds. The number of carbonyl (C=O) groups is 1. The maximum atomic E-state index is 12.9. The number of fused-ring (bicyclic) bond motifs is 1. The second-order valence-corrected chi connectivity index (χ2v) is 10.3. The van der Waals surface area contributed by atoms with Crippen LogP contribution in [-0.2, 0) is 14.8 Å². The number of hydrogen-bond donors (Lipinski definition) is 1. The molecule has 170 valence electrons. The normalized spacial score (nSPS) is 15.1. The standard InChI is InChI=1S/C22H26N4O4S2/c1-3-25(4-2)17-7-5-16(6-8-17)21(27)24-22-23-19-10-9-18(15-20(19)31-22)32(28,29)26-11-13-30-14-12-26/h5-10,15H,3-4,11-14H2,1-2H3,(H,23,24,27). The average Bonchev–Trinajstić information content (AvgIpc) is 3.22. The van der Waals surface area contributed by atoms with Crippen molar-refractivity contribution >= 4 is 48.3 Å². The van der Waals surface area contributed by atoms with Crippen LogP contribution in [0.25, 0.3) is 10.2 Å². The highest BCUT2D eigenvalue weighted by atomic mass is 32.2. The highest BCUT2D eigenvalue weighted by Crippen LogP contribution is 2.30. The lowest BCUT2D eigenvalue weighted by Gasteiger charge is -2.25. The molecule has 3 aromatic rings. The summed E-state index contributed by atoms with van der Waals surface area (Å²) in [7, 11) is -3.59. The lowest BCUT2D eigenvalue weighted by atomic mass is 10.2. The molecule has 0 radical (unpaired) electrons. The Hall–Kier alpha value is -2.53. The number of ether oxygens (including phenoxy) is 1. The molecule has 1 aromatic heterocycles. The summed E-state index contributed by atoms with van der Waals surface area (Å²) in [6, 6.07) is 12.3. The van der Waals surface area contributed by atoms with Gasteiger partial charge in [0.25, 0.3) is 5.91 Å². The van der Waals surface area contributed by atoms with Gasteiger partial charge in [0, 0.05) is 37.4 Å². The molecular weight excluding hydrogens is 448 g/mol. The molecule has 0 unspecified atom stereocenters. The fourth-order valence-corrected chi connectivity index (χ4v) is 6.05. The van der Waals surface area contributed by atoms with Crippen molar-refractivity contribution in [2.24, 2.45) is 0 Å². The van der Waals surface area contributed by atoms with E-state index in [-0.39, 0.29) is 10.8 Å². The minimum atomic E-state index is -3.59. The van der Waals surface area contributed by atoms with Gasteiger partial charge < -0.3 is 9.64 Å². The zero-order valence-electron chi connectivity index (χ0n) is 18.1. The number of nitrogens with one attached hydrogen (secondary N) is 1. The molecule has 1 N–H and O–H groups in total. The fraction of sp³-hybridized carbons (Fsp3) is 0.364. The highest BCUT2D eigenvalue weighted by molar-refractivity contribution is 7.89. The maximum absolute atomic E-state index is 12.9. The molecule has 0 spiro atoms. The van der Waals surface area contributed by atoms with E-state index in [4.69, 9.17) is 4.74 Å². The number of morpholine rings is 1. The Balaban J connectivity index is 1.51. The number of nitrogens with zero attached hydrogens (tertiary/aromatic N) is 3. The first-order chi connectivity index (χ1) is 15.4. The summed E-state index contributed by atoms with van der Waals surface area (Å²) in [4.78, 5) is 19.5. The van der Waals surface area contributed by atoms with E-state index >= 15 is 0 Å². The lowest BCUT2D eigenvalue weighted by molar-refractivity contribution is 0.0730. The quantitative estimate of drug-likeness (QED) is 0.564. The third-order valence-corrected chi connectivity index (χ3v) is 8.27. The Morgan fingerprint density at radius 2 is 1.81 bits per heavy atom. The van der Waals surface area contributed by atoms with Gasteiger partial charge >= 0.3 is 0 Å². The fourth-order valence-electron chi connectivity index (χ4n) is 3.64. The molecule has 1 aliphatic rings. The maximum Gasteiger partial charge on any atom is 0.257 e. The van der Waals surface area contributed by atoms with E-state index in [1.807, 2.05) is 12.1 Å². The van der Waals surface area contributed by atoms with Crippen LogP contribution in [0.3, 0.4) is 0 Å². The van der Waals surface area contributed by atoms with Crippen LogP contribution in [0.5, 0.6) is 0 Å². The number of amides is 1. The molecule has 2 aromatic carbocycles. The van der Waals surface area contributed by atoms with Gasteiger partial charge in [-0.3, -0.25) is 10.1 Å². The summed E-state index contributed by atoms with van der Waals surface area (Å²) in [5.41, 5.74) is 2.25. The van der Waals surface area contributed by atoms with Gasteiger partial charge in [0.1, 0.15) is 0 Å². The van der Waals surface area contributed by atoms with Gasteiger partial charge in [-0.15, -0.1) is 0 Å². The predicted molar refractivity (Wildman–Crippen MR) is 127 cm³/mol. The largest absolute Gasteiger partial charge is 0.379 e. The van der Waals surface area contributed by atoms with Gasteiger partial charge in [-0.1, -0.05) is 11.3 Å². The smallest absolute Gasteiger partial charge is 0.257 e. The summed E-state index contributed by atoms with van der Waals surface area (Å²) in [5, 5.41) is 3.25. The van der Waals surface area contributed by atoms with Crippen molar-refractivity contribution in [3.05, 3.63) is 48.0 Å². The molecule has 0 bridgehead atoms. The molecule has 0 aliphatic carbocycles. The number of anilines is 2. The van der Waals surface area contributed by atoms with E-state index in [2.05, 4.69) is 29.0 Å². The van der Waals surface area contributed by atoms with Crippen LogP contribution in [-0.4, -0.2) is 63.0 Å². The number of thiazole rings is 1. The molecule has 1 saturated heterocycles. The number of rotatable bonds is 7. The van der Waals surface area contributed by atoms with Crippen molar-refractivity contribution in [2.75, 3.05) is 49.6 Å². The van der Waals surface area contributed by atoms with Gasteiger partial charge in [0.2, 0.25) is 10.0 Å². The second-order valence-electron chi connectivity index (χ2n) is 7.34. The number of hydrogen-bond acceptors (Lipinski definition) is 7. The van der Waals surface area contributed by atoms with Gasteiger partial charge in [0.05, 0.1) is 28.3 Å². The Bertz CT molecular complexity index is 1200. The number of aromatic nitrogens is 1. The topological polar surface area (TPSA) is 91.8 Å². The Kier molecular flexibility index (Phi) is 6.75. The lowest BCUT2D eigenvalue weighted by Crippen LogP contribution is -2.40. The molecule has 8 nitrogen and oxygen atoms in total. The van der Waals surface area contributed by atoms with Gasteiger partial charge in [-0.2, -0.15) is 4.31 Å². The highest BCUT2D eigenvalue weighted by Gasteiger charge is 2.26. The van der Waals surface area contributed by atoms with Crippen LogP contribution in [0.15, 0.2) is 47.4 Å². The average molecular weight is 475 g/mol. The van der Waals surface area contributed by atoms with Crippen LogP contribution >= 0.6 is 11.3 Å². The number of carbonyl (C=O) groups excluding carboxylic acids is 1. The molecular formula is C22H26N4O4S2. The molecule has 4 rings (SSSR count). The predicted octanol–water partition coefficient (Wildman–Crippen LogP) is 3.42. The van der Waals surface area contributed by atoms with Crippen LogP contribution < -0.4 is 10.2 Å². The molecule has 2 heterocycles. The van der Waals surface area contributed by atoms with Crippen molar-refractivity contribution in [1.82, 2.24) is 9.29 Å². The first kappa shape index (κ1) is 22.7. The summed E-state index contributed by atoms with van der Waals surface area (Å²) in [6.45, 7) is 7.47. The van der Waals surface area contributed by atoms with Crippen LogP contribution in [0.4, 0.5) is 10.8 Å². The molecule has 32 heavy (non-hydrogen) atoms.